The van der Waals surface area contributed by atoms with Crippen LogP contribution in [0.15, 0.2) is 11.4 Å². The summed E-state index contributed by atoms with van der Waals surface area (Å²) >= 11 is 1.60. The van der Waals surface area contributed by atoms with Gasteiger partial charge in [0, 0.05) is 20.2 Å². The molecule has 2 aromatic heterocycles. The normalized spacial score (nSPS) is 20.2. The molecule has 0 aromatic carbocycles. The molecule has 1 unspecified atom stereocenters. The lowest BCUT2D eigenvalue weighted by Gasteiger charge is -2.15. The van der Waals surface area contributed by atoms with E-state index in [0.29, 0.717) is 11.9 Å². The van der Waals surface area contributed by atoms with Crippen LogP contribution in [-0.2, 0) is 11.3 Å². The van der Waals surface area contributed by atoms with E-state index in [1.165, 1.54) is 0 Å². The Hall–Kier alpha value is -1.28. The Bertz CT molecular complexity index is 572. The van der Waals surface area contributed by atoms with Crippen LogP contribution in [0.1, 0.15) is 12.2 Å². The molecule has 0 radical (unpaired) electrons. The van der Waals surface area contributed by atoms with Gasteiger partial charge in [-0.05, 0) is 17.9 Å². The number of nitrogens with two attached hydrogens (primary N) is 1. The summed E-state index contributed by atoms with van der Waals surface area (Å²) in [7, 11) is 1.76. The summed E-state index contributed by atoms with van der Waals surface area (Å²) < 4.78 is 5.37. The number of ether oxygens (including phenoxy) is 1. The monoisotopic (exact) mass is 279 g/mol. The van der Waals surface area contributed by atoms with Gasteiger partial charge in [0.15, 0.2) is 5.82 Å². The van der Waals surface area contributed by atoms with E-state index in [-0.39, 0.29) is 0 Å². The summed E-state index contributed by atoms with van der Waals surface area (Å²) in [4.78, 5) is 12.4. The summed E-state index contributed by atoms with van der Waals surface area (Å²) in [5.41, 5.74) is 2.65. The van der Waals surface area contributed by atoms with Gasteiger partial charge >= 0.3 is 0 Å². The molecular weight excluding hydrogens is 262 g/mol. The molecule has 0 amide bonds. The minimum atomic E-state index is 0.331. The van der Waals surface area contributed by atoms with Crippen LogP contribution in [0.3, 0.4) is 0 Å². The molecule has 0 spiro atoms. The van der Waals surface area contributed by atoms with Gasteiger partial charge in [0.25, 0.3) is 0 Å². The molecule has 0 saturated carbocycles. The van der Waals surface area contributed by atoms with Crippen molar-refractivity contribution in [1.82, 2.24) is 14.9 Å². The Morgan fingerprint density at radius 1 is 1.58 bits per heavy atom. The lowest BCUT2D eigenvalue weighted by molar-refractivity contribution is 0.107. The van der Waals surface area contributed by atoms with Crippen molar-refractivity contribution in [3.8, 4) is 0 Å². The number of hydrogen-bond donors (Lipinski definition) is 2. The van der Waals surface area contributed by atoms with Crippen molar-refractivity contribution in [3.63, 3.8) is 0 Å². The lowest BCUT2D eigenvalue weighted by Crippen LogP contribution is -2.24. The Labute approximate surface area is 115 Å². The highest BCUT2D eigenvalue weighted by Crippen LogP contribution is 2.25. The number of methoxy groups -OCH3 is 1. The molecule has 1 fully saturated rings. The van der Waals surface area contributed by atoms with E-state index in [0.717, 1.165) is 42.1 Å². The molecule has 3 N–H and O–H groups in total. The zero-order valence-electron chi connectivity index (χ0n) is 10.8. The summed E-state index contributed by atoms with van der Waals surface area (Å²) in [5.74, 6) is 7.03. The molecule has 0 bridgehead atoms. The van der Waals surface area contributed by atoms with E-state index in [1.54, 1.807) is 18.4 Å². The van der Waals surface area contributed by atoms with Crippen LogP contribution in [0.2, 0.25) is 0 Å². The van der Waals surface area contributed by atoms with E-state index in [9.17, 15) is 0 Å². The SMILES string of the molecule is COC1CCN(Cc2nc(NN)c3ccsc3n2)C1. The van der Waals surface area contributed by atoms with Gasteiger partial charge in [0.2, 0.25) is 0 Å². The van der Waals surface area contributed by atoms with Crippen LogP contribution >= 0.6 is 11.3 Å². The van der Waals surface area contributed by atoms with Crippen molar-refractivity contribution in [3.05, 3.63) is 17.3 Å². The Kier molecular flexibility index (Phi) is 3.61. The number of hydrazine groups is 1. The number of aromatic nitrogens is 2. The quantitative estimate of drug-likeness (QED) is 0.647. The summed E-state index contributed by atoms with van der Waals surface area (Å²) in [6.45, 7) is 2.70. The van der Waals surface area contributed by atoms with Crippen LogP contribution in [0.25, 0.3) is 10.2 Å². The maximum Gasteiger partial charge on any atom is 0.152 e. The van der Waals surface area contributed by atoms with E-state index in [4.69, 9.17) is 10.6 Å². The van der Waals surface area contributed by atoms with Crippen molar-refractivity contribution in [2.24, 2.45) is 5.84 Å². The maximum atomic E-state index is 5.53. The van der Waals surface area contributed by atoms with Gasteiger partial charge in [-0.15, -0.1) is 11.3 Å². The van der Waals surface area contributed by atoms with Gasteiger partial charge < -0.3 is 10.2 Å². The molecule has 7 heteroatoms. The first-order valence-electron chi connectivity index (χ1n) is 6.26. The lowest BCUT2D eigenvalue weighted by atomic mass is 10.3. The van der Waals surface area contributed by atoms with E-state index < -0.39 is 0 Å². The van der Waals surface area contributed by atoms with Crippen molar-refractivity contribution < 1.29 is 4.74 Å². The molecule has 1 aliphatic heterocycles. The number of rotatable bonds is 4. The fourth-order valence-electron chi connectivity index (χ4n) is 2.41. The smallest absolute Gasteiger partial charge is 0.152 e. The predicted molar refractivity (Wildman–Crippen MR) is 75.9 cm³/mol. The average molecular weight is 279 g/mol. The fraction of sp³-hybridized carbons (Fsp3) is 0.500. The molecule has 3 rings (SSSR count). The highest BCUT2D eigenvalue weighted by Gasteiger charge is 2.23. The topological polar surface area (TPSA) is 76.3 Å². The molecule has 102 valence electrons. The van der Waals surface area contributed by atoms with Crippen LogP contribution < -0.4 is 11.3 Å². The molecular formula is C12H17N5OS. The van der Waals surface area contributed by atoms with E-state index in [1.807, 2.05) is 11.4 Å². The number of nitrogens with zero attached hydrogens (tertiary/aromatic N) is 3. The zero-order valence-corrected chi connectivity index (χ0v) is 11.6. The minimum absolute atomic E-state index is 0.331. The van der Waals surface area contributed by atoms with E-state index >= 15 is 0 Å². The third-order valence-electron chi connectivity index (χ3n) is 3.44. The summed E-state index contributed by atoms with van der Waals surface area (Å²) in [6, 6.07) is 1.98. The third-order valence-corrected chi connectivity index (χ3v) is 4.24. The second-order valence-corrected chi connectivity index (χ2v) is 5.55. The van der Waals surface area contributed by atoms with Crippen molar-refractivity contribution >= 4 is 27.4 Å². The van der Waals surface area contributed by atoms with Gasteiger partial charge in [-0.1, -0.05) is 0 Å². The highest BCUT2D eigenvalue weighted by molar-refractivity contribution is 7.16. The Morgan fingerprint density at radius 3 is 3.21 bits per heavy atom. The minimum Gasteiger partial charge on any atom is -0.380 e. The van der Waals surface area contributed by atoms with Gasteiger partial charge in [-0.3, -0.25) is 4.90 Å². The number of hydrogen-bond acceptors (Lipinski definition) is 7. The maximum absolute atomic E-state index is 5.53. The Balaban J connectivity index is 1.81. The molecule has 2 aromatic rings. The number of nitrogen functional groups attached to an aromatic ring is 1. The molecule has 1 saturated heterocycles. The summed E-state index contributed by atoms with van der Waals surface area (Å²) in [5, 5.41) is 2.98. The van der Waals surface area contributed by atoms with Crippen LogP contribution in [0.5, 0.6) is 0 Å². The highest BCUT2D eigenvalue weighted by atomic mass is 32.1. The fourth-order valence-corrected chi connectivity index (χ4v) is 3.20. The average Bonchev–Trinajstić information content (AvgIpc) is 3.06. The molecule has 6 nitrogen and oxygen atoms in total. The molecule has 19 heavy (non-hydrogen) atoms. The first-order chi connectivity index (χ1) is 9.30. The van der Waals surface area contributed by atoms with Gasteiger partial charge in [-0.25, -0.2) is 15.8 Å². The van der Waals surface area contributed by atoms with Gasteiger partial charge in [-0.2, -0.15) is 0 Å². The number of likely N-dealkylation sites (tertiary alicyclic amines) is 1. The van der Waals surface area contributed by atoms with Gasteiger partial charge in [0.1, 0.15) is 10.7 Å². The predicted octanol–water partition coefficient (Wildman–Crippen LogP) is 1.20. The third kappa shape index (κ3) is 2.55. The first-order valence-corrected chi connectivity index (χ1v) is 7.14. The van der Waals surface area contributed by atoms with E-state index in [2.05, 4.69) is 20.3 Å². The van der Waals surface area contributed by atoms with Crippen molar-refractivity contribution in [2.45, 2.75) is 19.1 Å². The van der Waals surface area contributed by atoms with Crippen LogP contribution in [0, 0.1) is 0 Å². The molecule has 3 heterocycles. The second kappa shape index (κ2) is 5.38. The molecule has 1 aliphatic rings. The van der Waals surface area contributed by atoms with Crippen molar-refractivity contribution in [2.75, 3.05) is 25.6 Å². The number of fused-ring (bicyclic) bond motifs is 1. The van der Waals surface area contributed by atoms with Crippen LogP contribution in [0.4, 0.5) is 5.82 Å². The van der Waals surface area contributed by atoms with Crippen LogP contribution in [-0.4, -0.2) is 41.2 Å². The Morgan fingerprint density at radius 2 is 2.47 bits per heavy atom. The van der Waals surface area contributed by atoms with Gasteiger partial charge in [0.05, 0.1) is 18.0 Å². The standard InChI is InChI=1S/C12H17N5OS/c1-18-8-2-4-17(6-8)7-10-14-11(16-13)9-3-5-19-12(9)15-10/h3,5,8H,2,4,6-7,13H2,1H3,(H,14,15,16). The number of anilines is 1. The number of thiophene rings is 1. The number of nitrogens with one attached hydrogen (secondary N) is 1. The first kappa shape index (κ1) is 12.7. The van der Waals surface area contributed by atoms with Crippen molar-refractivity contribution in [1.29, 1.82) is 0 Å². The zero-order chi connectivity index (χ0) is 13.2. The summed E-state index contributed by atoms with van der Waals surface area (Å²) in [6.07, 6.45) is 1.40. The largest absolute Gasteiger partial charge is 0.380 e. The second-order valence-electron chi connectivity index (χ2n) is 4.65. The molecule has 0 aliphatic carbocycles. The molecule has 1 atom stereocenters.